The van der Waals surface area contributed by atoms with E-state index in [0.29, 0.717) is 5.69 Å². The van der Waals surface area contributed by atoms with Crippen molar-refractivity contribution in [2.24, 2.45) is 0 Å². The van der Waals surface area contributed by atoms with Crippen molar-refractivity contribution in [3.63, 3.8) is 0 Å². The van der Waals surface area contributed by atoms with E-state index in [4.69, 9.17) is 14.0 Å². The molecule has 4 N–H and O–H groups in total. The Morgan fingerprint density at radius 3 is 2.43 bits per heavy atom. The largest absolute Gasteiger partial charge is 0.469 e. The number of carbonyl (C=O) groups is 3. The van der Waals surface area contributed by atoms with E-state index in [1.165, 1.54) is 37.4 Å². The van der Waals surface area contributed by atoms with E-state index >= 15 is 0 Å². The molecule has 1 saturated heterocycles. The highest BCUT2D eigenvalue weighted by Crippen LogP contribution is 2.43. The number of aryl methyl sites for hydroxylation is 1. The Bertz CT molecular complexity index is 1410. The third-order valence-corrected chi connectivity index (χ3v) is 6.01. The molecular formula is C21H21N4O11P. The Hall–Kier alpha value is -3.88. The third-order valence-electron chi connectivity index (χ3n) is 5.47. The minimum absolute atomic E-state index is 0.184. The molecule has 0 aliphatic carbocycles. The molecule has 1 aromatic heterocycles. The van der Waals surface area contributed by atoms with Gasteiger partial charge in [-0.05, 0) is 31.2 Å². The third kappa shape index (κ3) is 6.10. The first-order chi connectivity index (χ1) is 17.4. The number of hydrogen-bond acceptors (Lipinski definition) is 9. The van der Waals surface area contributed by atoms with Crippen LogP contribution in [-0.2, 0) is 28.2 Å². The molecule has 37 heavy (non-hydrogen) atoms. The van der Waals surface area contributed by atoms with E-state index in [-0.39, 0.29) is 17.7 Å². The van der Waals surface area contributed by atoms with Crippen molar-refractivity contribution in [1.82, 2.24) is 9.55 Å². The zero-order valence-electron chi connectivity index (χ0n) is 19.1. The maximum absolute atomic E-state index is 12.3. The highest BCUT2D eigenvalue weighted by Gasteiger charge is 2.41. The monoisotopic (exact) mass is 536 g/mol. The van der Waals surface area contributed by atoms with Crippen molar-refractivity contribution in [2.75, 3.05) is 16.8 Å². The number of nitrogens with zero attached hydrogens (tertiary/aromatic N) is 2. The molecule has 2 aromatic rings. The highest BCUT2D eigenvalue weighted by atomic mass is 31.2. The molecule has 0 bridgehead atoms. The Labute approximate surface area is 207 Å². The van der Waals surface area contributed by atoms with E-state index < -0.39 is 62.0 Å². The Morgan fingerprint density at radius 1 is 1.16 bits per heavy atom. The lowest BCUT2D eigenvalue weighted by molar-refractivity contribution is -0.120. The van der Waals surface area contributed by atoms with E-state index in [1.807, 2.05) is 0 Å². The van der Waals surface area contributed by atoms with Gasteiger partial charge < -0.3 is 19.3 Å². The molecule has 3 amide bonds. The molecular weight excluding hydrogens is 515 g/mol. The summed E-state index contributed by atoms with van der Waals surface area (Å²) in [7, 11) is -4.96. The van der Waals surface area contributed by atoms with E-state index in [0.717, 1.165) is 21.6 Å². The first-order valence-corrected chi connectivity index (χ1v) is 12.3. The second kappa shape index (κ2) is 10.2. The Morgan fingerprint density at radius 2 is 1.81 bits per heavy atom. The fourth-order valence-electron chi connectivity index (χ4n) is 3.77. The summed E-state index contributed by atoms with van der Waals surface area (Å²) in [5, 5.41) is 2.42. The predicted octanol–water partition coefficient (Wildman–Crippen LogP) is 0.289. The number of benzene rings is 1. The first kappa shape index (κ1) is 26.2. The van der Waals surface area contributed by atoms with Crippen LogP contribution in [0, 0.1) is 6.92 Å². The second-order valence-electron chi connectivity index (χ2n) is 8.09. The molecule has 1 unspecified atom stereocenters. The van der Waals surface area contributed by atoms with Gasteiger partial charge in [0.2, 0.25) is 0 Å². The van der Waals surface area contributed by atoms with Gasteiger partial charge in [0.1, 0.15) is 25.0 Å². The molecule has 4 rings (SSSR count). The smallest absolute Gasteiger partial charge is 0.446 e. The van der Waals surface area contributed by atoms with Crippen LogP contribution in [-0.4, -0.2) is 56.1 Å². The predicted molar refractivity (Wildman–Crippen MR) is 125 cm³/mol. The van der Waals surface area contributed by atoms with Crippen LogP contribution in [0.1, 0.15) is 18.2 Å². The van der Waals surface area contributed by atoms with Crippen LogP contribution in [0.25, 0.3) is 0 Å². The molecule has 1 fully saturated rings. The molecule has 0 radical (unpaired) electrons. The van der Waals surface area contributed by atoms with E-state index in [1.54, 1.807) is 0 Å². The van der Waals surface area contributed by atoms with Crippen molar-refractivity contribution in [3.8, 4) is 0 Å². The molecule has 2 aliphatic heterocycles. The fourth-order valence-corrected chi connectivity index (χ4v) is 4.34. The van der Waals surface area contributed by atoms with Crippen LogP contribution in [0.15, 0.2) is 52.2 Å². The summed E-state index contributed by atoms with van der Waals surface area (Å²) < 4.78 is 28.0. The van der Waals surface area contributed by atoms with Gasteiger partial charge in [-0.2, -0.15) is 0 Å². The minimum atomic E-state index is -4.96. The van der Waals surface area contributed by atoms with Crippen molar-refractivity contribution in [2.45, 2.75) is 31.8 Å². The van der Waals surface area contributed by atoms with Gasteiger partial charge >= 0.3 is 19.6 Å². The van der Waals surface area contributed by atoms with Gasteiger partial charge in [-0.1, -0.05) is 0 Å². The van der Waals surface area contributed by atoms with Crippen molar-refractivity contribution in [1.29, 1.82) is 0 Å². The standard InChI is InChI=1S/C21H21N4O11P/c1-11-9-24(20(29)23-19(11)28)18-8-14(36-37(31,32)33)15(35-18)10-34-21(30)22-12-2-4-13(5-3-12)25-16(26)6-7-17(25)27/h2-7,9,14-15,18H,8,10H2,1H3,(H,22,30)(H,23,28,29)(H2,31,32,33)/t14?,15-,18-/m1/s1. The van der Waals surface area contributed by atoms with E-state index in [9.17, 15) is 38.3 Å². The molecule has 16 heteroatoms. The Balaban J connectivity index is 1.40. The van der Waals surface area contributed by atoms with Crippen LogP contribution in [0.3, 0.4) is 0 Å². The number of ether oxygens (including phenoxy) is 2. The maximum Gasteiger partial charge on any atom is 0.469 e. The normalized spacial score (nSPS) is 21.5. The van der Waals surface area contributed by atoms with Gasteiger partial charge in [-0.25, -0.2) is 19.1 Å². The van der Waals surface area contributed by atoms with Gasteiger partial charge in [-0.15, -0.1) is 0 Å². The molecule has 0 spiro atoms. The van der Waals surface area contributed by atoms with Gasteiger partial charge in [0.05, 0.1) is 5.69 Å². The summed E-state index contributed by atoms with van der Waals surface area (Å²) in [6, 6.07) is 5.75. The molecule has 0 saturated carbocycles. The van der Waals surface area contributed by atoms with Gasteiger partial charge in [0, 0.05) is 36.0 Å². The summed E-state index contributed by atoms with van der Waals surface area (Å²) in [6.45, 7) is 0.965. The maximum atomic E-state index is 12.3. The number of imide groups is 1. The number of H-pyrrole nitrogens is 1. The number of phosphoric acid groups is 1. The number of aromatic amines is 1. The van der Waals surface area contributed by atoms with Crippen LogP contribution in [0.2, 0.25) is 0 Å². The topological polar surface area (TPSA) is 207 Å². The number of rotatable bonds is 7. The lowest BCUT2D eigenvalue weighted by Crippen LogP contribution is -2.33. The number of phosphoric ester groups is 1. The van der Waals surface area contributed by atoms with Crippen molar-refractivity contribution >= 4 is 37.1 Å². The number of aromatic nitrogens is 2. The lowest BCUT2D eigenvalue weighted by atomic mass is 10.2. The quantitative estimate of drug-likeness (QED) is 0.279. The second-order valence-corrected chi connectivity index (χ2v) is 9.29. The van der Waals surface area contributed by atoms with Crippen molar-refractivity contribution in [3.05, 3.63) is 69.0 Å². The molecule has 15 nitrogen and oxygen atoms in total. The lowest BCUT2D eigenvalue weighted by Gasteiger charge is -2.19. The average molecular weight is 536 g/mol. The number of nitrogens with one attached hydrogen (secondary N) is 2. The molecule has 3 heterocycles. The summed E-state index contributed by atoms with van der Waals surface area (Å²) in [4.78, 5) is 81.2. The van der Waals surface area contributed by atoms with Gasteiger partial charge in [-0.3, -0.25) is 33.8 Å². The summed E-state index contributed by atoms with van der Waals surface area (Å²) in [5.41, 5.74) is -0.622. The van der Waals surface area contributed by atoms with Gasteiger partial charge in [0.25, 0.3) is 17.4 Å². The number of anilines is 2. The Kier molecular flexibility index (Phi) is 7.25. The first-order valence-electron chi connectivity index (χ1n) is 10.7. The minimum Gasteiger partial charge on any atom is -0.446 e. The molecule has 2 aliphatic rings. The van der Waals surface area contributed by atoms with Crippen LogP contribution < -0.4 is 21.5 Å². The van der Waals surface area contributed by atoms with Crippen molar-refractivity contribution < 1.29 is 42.7 Å². The SMILES string of the molecule is Cc1cn([C@H]2CC(OP(=O)(O)O)[C@@H](COC(=O)Nc3ccc(N4C(=O)C=CC4=O)cc3)O2)c(=O)[nH]c1=O. The number of amides is 3. The van der Waals surface area contributed by atoms with Crippen LogP contribution in [0.5, 0.6) is 0 Å². The van der Waals surface area contributed by atoms with Crippen LogP contribution in [0.4, 0.5) is 16.2 Å². The number of hydrogen-bond donors (Lipinski definition) is 4. The molecule has 196 valence electrons. The van der Waals surface area contributed by atoms with Gasteiger partial charge in [0.15, 0.2) is 0 Å². The summed E-state index contributed by atoms with van der Waals surface area (Å²) >= 11 is 0. The summed E-state index contributed by atoms with van der Waals surface area (Å²) in [6.07, 6.45) is -1.09. The molecule has 3 atom stereocenters. The number of carbonyl (C=O) groups excluding carboxylic acids is 3. The highest BCUT2D eigenvalue weighted by molar-refractivity contribution is 7.46. The molecule has 1 aromatic carbocycles. The average Bonchev–Trinajstić information content (AvgIpc) is 3.36. The zero-order chi connectivity index (χ0) is 26.9. The fraction of sp³-hybridized carbons (Fsp3) is 0.286. The summed E-state index contributed by atoms with van der Waals surface area (Å²) in [5.74, 6) is -0.988. The zero-order valence-corrected chi connectivity index (χ0v) is 20.0. The van der Waals surface area contributed by atoms with Crippen LogP contribution >= 0.6 is 7.82 Å². The van der Waals surface area contributed by atoms with E-state index in [2.05, 4.69) is 10.3 Å².